The third-order valence-electron chi connectivity index (χ3n) is 2.42. The second-order valence-corrected chi connectivity index (χ2v) is 5.53. The Hall–Kier alpha value is -0.0600. The molecule has 0 bridgehead atoms. The first-order valence-corrected chi connectivity index (χ1v) is 6.57. The molecule has 0 amide bonds. The van der Waals surface area contributed by atoms with Gasteiger partial charge in [-0.1, -0.05) is 0 Å². The summed E-state index contributed by atoms with van der Waals surface area (Å²) >= 11 is 5.18. The molecule has 0 aromatic carbocycles. The largest absolute Gasteiger partial charge is 0.392 e. The highest BCUT2D eigenvalue weighted by Crippen LogP contribution is 2.26. The molecule has 0 radical (unpaired) electrons. The first-order valence-electron chi connectivity index (χ1n) is 4.62. The van der Waals surface area contributed by atoms with E-state index in [2.05, 4.69) is 20.9 Å². The van der Waals surface area contributed by atoms with Gasteiger partial charge in [-0.15, -0.1) is 0 Å². The molecule has 2 nitrogen and oxygen atoms in total. The van der Waals surface area contributed by atoms with Gasteiger partial charge >= 0.3 is 0 Å². The lowest BCUT2D eigenvalue weighted by atomic mass is 10.00. The minimum Gasteiger partial charge on any atom is -0.392 e. The van der Waals surface area contributed by atoms with E-state index in [9.17, 15) is 5.11 Å². The highest BCUT2D eigenvalue weighted by atomic mass is 79.9. The Bertz CT molecular complexity index is 303. The minimum atomic E-state index is -0.148. The van der Waals surface area contributed by atoms with E-state index in [0.29, 0.717) is 5.92 Å². The highest BCUT2D eigenvalue weighted by Gasteiger charge is 2.25. The number of hydrogen-bond acceptors (Lipinski definition) is 3. The van der Waals surface area contributed by atoms with E-state index in [4.69, 9.17) is 0 Å². The maximum absolute atomic E-state index is 9.65. The molecule has 1 aliphatic heterocycles. The zero-order valence-electron chi connectivity index (χ0n) is 7.69. The van der Waals surface area contributed by atoms with E-state index in [0.717, 1.165) is 28.1 Å². The van der Waals surface area contributed by atoms with Crippen LogP contribution >= 0.6 is 27.7 Å². The number of aliphatic hydroxyl groups excluding tert-OH is 1. The molecule has 1 fully saturated rings. The molecule has 2 atom stereocenters. The van der Waals surface area contributed by atoms with Gasteiger partial charge in [-0.25, -0.2) is 0 Å². The number of thioether (sulfide) groups is 1. The quantitative estimate of drug-likeness (QED) is 0.896. The van der Waals surface area contributed by atoms with Crippen LogP contribution in [0.1, 0.15) is 5.69 Å². The van der Waals surface area contributed by atoms with E-state index >= 15 is 0 Å². The lowest BCUT2D eigenvalue weighted by Gasteiger charge is -2.12. The monoisotopic (exact) mass is 273 g/mol. The van der Waals surface area contributed by atoms with Crippen molar-refractivity contribution in [2.45, 2.75) is 12.5 Å². The molecule has 0 spiro atoms. The van der Waals surface area contributed by atoms with Gasteiger partial charge in [0.05, 0.1) is 6.10 Å². The molecule has 2 heterocycles. The van der Waals surface area contributed by atoms with Crippen LogP contribution in [0.15, 0.2) is 22.8 Å². The summed E-state index contributed by atoms with van der Waals surface area (Å²) in [4.78, 5) is 4.31. The van der Waals surface area contributed by atoms with Crippen molar-refractivity contribution in [2.75, 3.05) is 11.5 Å². The second kappa shape index (κ2) is 4.64. The Labute approximate surface area is 96.3 Å². The van der Waals surface area contributed by atoms with Gasteiger partial charge in [-0.3, -0.25) is 4.98 Å². The van der Waals surface area contributed by atoms with Crippen LogP contribution in [-0.4, -0.2) is 27.7 Å². The summed E-state index contributed by atoms with van der Waals surface area (Å²) in [5, 5.41) is 9.65. The van der Waals surface area contributed by atoms with E-state index in [1.54, 1.807) is 0 Å². The molecule has 14 heavy (non-hydrogen) atoms. The normalized spacial score (nSPS) is 26.7. The molecule has 1 aromatic heterocycles. The molecule has 1 saturated heterocycles. The zero-order valence-corrected chi connectivity index (χ0v) is 10.1. The van der Waals surface area contributed by atoms with Crippen LogP contribution < -0.4 is 0 Å². The first-order chi connectivity index (χ1) is 6.75. The molecular weight excluding hydrogens is 262 g/mol. The van der Waals surface area contributed by atoms with Gasteiger partial charge in [-0.2, -0.15) is 11.8 Å². The van der Waals surface area contributed by atoms with Crippen LogP contribution in [0.5, 0.6) is 0 Å². The van der Waals surface area contributed by atoms with Crippen molar-refractivity contribution in [1.29, 1.82) is 0 Å². The Morgan fingerprint density at radius 2 is 2.36 bits per heavy atom. The van der Waals surface area contributed by atoms with Gasteiger partial charge in [0, 0.05) is 28.0 Å². The number of pyridine rings is 1. The fraction of sp³-hybridized carbons (Fsp3) is 0.500. The maximum atomic E-state index is 9.65. The van der Waals surface area contributed by atoms with Gasteiger partial charge in [-0.05, 0) is 40.2 Å². The molecule has 0 aliphatic carbocycles. The van der Waals surface area contributed by atoms with Crippen LogP contribution in [0.2, 0.25) is 0 Å². The predicted octanol–water partition coefficient (Wildman–Crippen LogP) is 2.11. The summed E-state index contributed by atoms with van der Waals surface area (Å²) in [6.07, 6.45) is 2.55. The summed E-state index contributed by atoms with van der Waals surface area (Å²) in [6, 6.07) is 4.01. The average Bonchev–Trinajstić information content (AvgIpc) is 2.56. The van der Waals surface area contributed by atoms with Crippen LogP contribution in [0.4, 0.5) is 0 Å². The van der Waals surface area contributed by atoms with Crippen LogP contribution in [-0.2, 0) is 6.42 Å². The van der Waals surface area contributed by atoms with Crippen molar-refractivity contribution >= 4 is 27.7 Å². The van der Waals surface area contributed by atoms with E-state index < -0.39 is 0 Å². The van der Waals surface area contributed by atoms with Gasteiger partial charge in [0.2, 0.25) is 0 Å². The molecule has 2 unspecified atom stereocenters. The fourth-order valence-corrected chi connectivity index (χ4v) is 3.11. The van der Waals surface area contributed by atoms with Gasteiger partial charge in [0.1, 0.15) is 0 Å². The lowest BCUT2D eigenvalue weighted by molar-refractivity contribution is 0.149. The minimum absolute atomic E-state index is 0.148. The number of halogens is 1. The second-order valence-electron chi connectivity index (χ2n) is 3.54. The third kappa shape index (κ3) is 2.49. The van der Waals surface area contributed by atoms with Crippen molar-refractivity contribution < 1.29 is 5.11 Å². The summed E-state index contributed by atoms with van der Waals surface area (Å²) in [7, 11) is 0. The molecule has 0 saturated carbocycles. The number of rotatable bonds is 2. The number of nitrogens with zero attached hydrogens (tertiary/aromatic N) is 1. The summed E-state index contributed by atoms with van der Waals surface area (Å²) in [5.41, 5.74) is 1.07. The van der Waals surface area contributed by atoms with Crippen molar-refractivity contribution in [2.24, 2.45) is 5.92 Å². The smallest absolute Gasteiger partial charge is 0.0670 e. The van der Waals surface area contributed by atoms with Crippen LogP contribution in [0.25, 0.3) is 0 Å². The SMILES string of the molecule is OC1CSCC1Cc1ccc(Br)cn1. The van der Waals surface area contributed by atoms with Crippen molar-refractivity contribution in [3.63, 3.8) is 0 Å². The van der Waals surface area contributed by atoms with E-state index in [1.165, 1.54) is 0 Å². The van der Waals surface area contributed by atoms with Crippen molar-refractivity contribution in [3.8, 4) is 0 Å². The molecule has 76 valence electrons. The Morgan fingerprint density at radius 3 is 2.93 bits per heavy atom. The van der Waals surface area contributed by atoms with Gasteiger partial charge in [0.25, 0.3) is 0 Å². The lowest BCUT2D eigenvalue weighted by Crippen LogP contribution is -2.20. The Kier molecular flexibility index (Phi) is 3.47. The Balaban J connectivity index is 2.00. The zero-order chi connectivity index (χ0) is 9.97. The van der Waals surface area contributed by atoms with Crippen LogP contribution in [0, 0.1) is 5.92 Å². The number of hydrogen-bond donors (Lipinski definition) is 1. The third-order valence-corrected chi connectivity index (χ3v) is 4.13. The van der Waals surface area contributed by atoms with E-state index in [1.807, 2.05) is 30.1 Å². The Morgan fingerprint density at radius 1 is 1.50 bits per heavy atom. The number of aromatic nitrogens is 1. The van der Waals surface area contributed by atoms with E-state index in [-0.39, 0.29) is 6.10 Å². The van der Waals surface area contributed by atoms with Crippen LogP contribution in [0.3, 0.4) is 0 Å². The average molecular weight is 274 g/mol. The van der Waals surface area contributed by atoms with Crippen molar-refractivity contribution in [1.82, 2.24) is 4.98 Å². The van der Waals surface area contributed by atoms with Gasteiger partial charge < -0.3 is 5.11 Å². The topological polar surface area (TPSA) is 33.1 Å². The first kappa shape index (κ1) is 10.5. The highest BCUT2D eigenvalue weighted by molar-refractivity contribution is 9.10. The van der Waals surface area contributed by atoms with Gasteiger partial charge in [0.15, 0.2) is 0 Å². The molecular formula is C10H12BrNOS. The maximum Gasteiger partial charge on any atom is 0.0670 e. The molecule has 1 aliphatic rings. The molecule has 4 heteroatoms. The summed E-state index contributed by atoms with van der Waals surface area (Å²) in [5.74, 6) is 2.31. The summed E-state index contributed by atoms with van der Waals surface area (Å²) < 4.78 is 1.00. The summed E-state index contributed by atoms with van der Waals surface area (Å²) in [6.45, 7) is 0. The number of aliphatic hydroxyl groups is 1. The molecule has 2 rings (SSSR count). The predicted molar refractivity (Wildman–Crippen MR) is 62.5 cm³/mol. The standard InChI is InChI=1S/C10H12BrNOS/c11-8-1-2-9(12-4-8)3-7-5-14-6-10(7)13/h1-2,4,7,10,13H,3,5-6H2. The molecule has 1 N–H and O–H groups in total. The fourth-order valence-electron chi connectivity index (χ4n) is 1.58. The molecule has 1 aromatic rings. The van der Waals surface area contributed by atoms with Crippen molar-refractivity contribution in [3.05, 3.63) is 28.5 Å².